The van der Waals surface area contributed by atoms with Crippen molar-refractivity contribution in [2.24, 2.45) is 0 Å². The predicted octanol–water partition coefficient (Wildman–Crippen LogP) is 3.98. The van der Waals surface area contributed by atoms with Crippen molar-refractivity contribution in [2.45, 2.75) is 0 Å². The highest BCUT2D eigenvalue weighted by molar-refractivity contribution is 6.32. The molecule has 26 heavy (non-hydrogen) atoms. The number of rotatable bonds is 6. The molecular weight excluding hydrogens is 352 g/mol. The van der Waals surface area contributed by atoms with Crippen LogP contribution in [0, 0.1) is 0 Å². The first kappa shape index (κ1) is 17.6. The molecule has 0 unspecified atom stereocenters. The van der Waals surface area contributed by atoms with Crippen LogP contribution in [-0.2, 0) is 4.79 Å². The maximum absolute atomic E-state index is 12.4. The van der Waals surface area contributed by atoms with E-state index in [4.69, 9.17) is 16.3 Å². The molecule has 1 aromatic heterocycles. The Morgan fingerprint density at radius 2 is 1.81 bits per heavy atom. The molecule has 0 aliphatic rings. The van der Waals surface area contributed by atoms with E-state index >= 15 is 0 Å². The van der Waals surface area contributed by atoms with Crippen molar-refractivity contribution in [3.05, 3.63) is 89.2 Å². The average molecular weight is 367 g/mol. The predicted molar refractivity (Wildman–Crippen MR) is 99.7 cm³/mol. The quantitative estimate of drug-likeness (QED) is 0.670. The second kappa shape index (κ2) is 8.27. The van der Waals surface area contributed by atoms with Gasteiger partial charge >= 0.3 is 0 Å². The van der Waals surface area contributed by atoms with E-state index in [1.807, 2.05) is 6.07 Å². The van der Waals surface area contributed by atoms with Crippen molar-refractivity contribution in [1.82, 2.24) is 4.98 Å². The monoisotopic (exact) mass is 366 g/mol. The number of anilines is 1. The number of carbonyl (C=O) groups is 2. The van der Waals surface area contributed by atoms with Gasteiger partial charge in [-0.3, -0.25) is 14.6 Å². The molecule has 0 saturated carbocycles. The van der Waals surface area contributed by atoms with E-state index in [1.54, 1.807) is 54.7 Å². The number of ether oxygens (including phenoxy) is 1. The van der Waals surface area contributed by atoms with Crippen LogP contribution in [0.4, 0.5) is 5.69 Å². The summed E-state index contributed by atoms with van der Waals surface area (Å²) in [4.78, 5) is 28.2. The van der Waals surface area contributed by atoms with Crippen LogP contribution in [0.25, 0.3) is 0 Å². The molecule has 5 nitrogen and oxygen atoms in total. The van der Waals surface area contributed by atoms with Gasteiger partial charge in [-0.1, -0.05) is 41.9 Å². The fourth-order valence-electron chi connectivity index (χ4n) is 2.29. The average Bonchev–Trinajstić information content (AvgIpc) is 2.68. The van der Waals surface area contributed by atoms with Gasteiger partial charge < -0.3 is 10.1 Å². The fraction of sp³-hybridized carbons (Fsp3) is 0.0500. The minimum absolute atomic E-state index is 0.131. The number of ketones is 1. The Balaban J connectivity index is 1.63. The summed E-state index contributed by atoms with van der Waals surface area (Å²) >= 11 is 6.19. The number of pyridine rings is 1. The van der Waals surface area contributed by atoms with Gasteiger partial charge in [-0.15, -0.1) is 0 Å². The molecule has 2 aromatic carbocycles. The fourth-order valence-corrected chi connectivity index (χ4v) is 2.53. The largest absolute Gasteiger partial charge is 0.482 e. The van der Waals surface area contributed by atoms with E-state index in [9.17, 15) is 9.59 Å². The molecule has 0 spiro atoms. The zero-order valence-corrected chi connectivity index (χ0v) is 14.4. The van der Waals surface area contributed by atoms with Gasteiger partial charge in [0, 0.05) is 17.3 Å². The highest BCUT2D eigenvalue weighted by Gasteiger charge is 2.12. The molecule has 1 N–H and O–H groups in total. The summed E-state index contributed by atoms with van der Waals surface area (Å²) in [5, 5.41) is 2.92. The molecular formula is C20H15ClN2O3. The van der Waals surface area contributed by atoms with Gasteiger partial charge in [0.15, 0.2) is 12.4 Å². The topological polar surface area (TPSA) is 68.3 Å². The van der Waals surface area contributed by atoms with E-state index < -0.39 is 0 Å². The van der Waals surface area contributed by atoms with Crippen molar-refractivity contribution in [3.63, 3.8) is 0 Å². The summed E-state index contributed by atoms with van der Waals surface area (Å²) in [7, 11) is 0. The molecule has 0 fully saturated rings. The lowest BCUT2D eigenvalue weighted by Crippen LogP contribution is -2.20. The van der Waals surface area contributed by atoms with Gasteiger partial charge in [-0.2, -0.15) is 0 Å². The van der Waals surface area contributed by atoms with Crippen molar-refractivity contribution >= 4 is 29.0 Å². The van der Waals surface area contributed by atoms with Gasteiger partial charge in [0.25, 0.3) is 5.91 Å². The number of hydrogen-bond acceptors (Lipinski definition) is 4. The second-order valence-electron chi connectivity index (χ2n) is 5.42. The van der Waals surface area contributed by atoms with Gasteiger partial charge in [0.1, 0.15) is 5.75 Å². The molecule has 3 rings (SSSR count). The number of halogens is 1. The van der Waals surface area contributed by atoms with Crippen molar-refractivity contribution in [3.8, 4) is 5.75 Å². The van der Waals surface area contributed by atoms with Gasteiger partial charge in [0.05, 0.1) is 16.9 Å². The molecule has 6 heteroatoms. The van der Waals surface area contributed by atoms with Crippen molar-refractivity contribution in [2.75, 3.05) is 11.9 Å². The molecule has 0 bridgehead atoms. The lowest BCUT2D eigenvalue weighted by Gasteiger charge is -2.10. The van der Waals surface area contributed by atoms with E-state index in [-0.39, 0.29) is 23.3 Å². The van der Waals surface area contributed by atoms with E-state index in [0.717, 1.165) is 0 Å². The number of nitrogens with zero attached hydrogens (tertiary/aromatic N) is 1. The maximum Gasteiger partial charge on any atom is 0.262 e. The first-order chi connectivity index (χ1) is 12.6. The highest BCUT2D eigenvalue weighted by Crippen LogP contribution is 2.26. The van der Waals surface area contributed by atoms with Crippen LogP contribution in [0.3, 0.4) is 0 Å². The smallest absolute Gasteiger partial charge is 0.262 e. The normalized spacial score (nSPS) is 10.2. The zero-order valence-electron chi connectivity index (χ0n) is 13.7. The van der Waals surface area contributed by atoms with Crippen molar-refractivity contribution in [1.29, 1.82) is 0 Å². The van der Waals surface area contributed by atoms with Gasteiger partial charge in [-0.05, 0) is 30.3 Å². The molecule has 0 aliphatic heterocycles. The Hall–Kier alpha value is -3.18. The van der Waals surface area contributed by atoms with E-state index in [0.29, 0.717) is 22.6 Å². The maximum atomic E-state index is 12.4. The van der Waals surface area contributed by atoms with Gasteiger partial charge in [0.2, 0.25) is 0 Å². The molecule has 1 amide bonds. The van der Waals surface area contributed by atoms with E-state index in [2.05, 4.69) is 10.3 Å². The van der Waals surface area contributed by atoms with Crippen molar-refractivity contribution < 1.29 is 14.3 Å². The van der Waals surface area contributed by atoms with Gasteiger partial charge in [-0.25, -0.2) is 0 Å². The lowest BCUT2D eigenvalue weighted by atomic mass is 10.0. The molecule has 0 atom stereocenters. The standard InChI is InChI=1S/C20H15ClN2O3/c21-17-11-15(20(25)14-5-2-1-3-6-14)8-9-18(17)26-13-19(24)23-16-7-4-10-22-12-16/h1-12H,13H2,(H,23,24). The second-order valence-corrected chi connectivity index (χ2v) is 5.83. The summed E-state index contributed by atoms with van der Waals surface area (Å²) in [5.41, 5.74) is 1.61. The molecule has 130 valence electrons. The van der Waals surface area contributed by atoms with Crippen LogP contribution < -0.4 is 10.1 Å². The number of amides is 1. The minimum Gasteiger partial charge on any atom is -0.482 e. The van der Waals surface area contributed by atoms with Crippen LogP contribution in [0.2, 0.25) is 5.02 Å². The summed E-state index contributed by atoms with van der Waals surface area (Å²) < 4.78 is 5.44. The molecule has 0 saturated heterocycles. The Morgan fingerprint density at radius 3 is 2.50 bits per heavy atom. The first-order valence-corrected chi connectivity index (χ1v) is 8.23. The zero-order chi connectivity index (χ0) is 18.4. The minimum atomic E-state index is -0.335. The number of nitrogens with one attached hydrogen (secondary N) is 1. The van der Waals surface area contributed by atoms with Crippen LogP contribution in [-0.4, -0.2) is 23.3 Å². The highest BCUT2D eigenvalue weighted by atomic mass is 35.5. The number of benzene rings is 2. The summed E-state index contributed by atoms with van der Waals surface area (Å²) in [6.45, 7) is -0.208. The van der Waals surface area contributed by atoms with Crippen LogP contribution in [0.5, 0.6) is 5.75 Å². The third-order valence-electron chi connectivity index (χ3n) is 3.53. The van der Waals surface area contributed by atoms with E-state index in [1.165, 1.54) is 12.3 Å². The Bertz CT molecular complexity index is 915. The number of carbonyl (C=O) groups excluding carboxylic acids is 2. The Morgan fingerprint density at radius 1 is 1.00 bits per heavy atom. The summed E-state index contributed by atoms with van der Waals surface area (Å²) in [6, 6.07) is 17.1. The molecule has 0 radical (unpaired) electrons. The summed E-state index contributed by atoms with van der Waals surface area (Å²) in [5.74, 6) is -0.135. The summed E-state index contributed by atoms with van der Waals surface area (Å²) in [6.07, 6.45) is 3.15. The lowest BCUT2D eigenvalue weighted by molar-refractivity contribution is -0.118. The SMILES string of the molecule is O=C(COc1ccc(C(=O)c2ccccc2)cc1Cl)Nc1cccnc1. The third-order valence-corrected chi connectivity index (χ3v) is 3.83. The molecule has 1 heterocycles. The Kier molecular flexibility index (Phi) is 5.61. The van der Waals surface area contributed by atoms with Crippen LogP contribution in [0.15, 0.2) is 73.1 Å². The third kappa shape index (κ3) is 4.46. The Labute approximate surface area is 155 Å². The van der Waals surface area contributed by atoms with Crippen LogP contribution >= 0.6 is 11.6 Å². The first-order valence-electron chi connectivity index (χ1n) is 7.85. The number of aromatic nitrogens is 1. The van der Waals surface area contributed by atoms with Crippen LogP contribution in [0.1, 0.15) is 15.9 Å². The number of hydrogen-bond donors (Lipinski definition) is 1. The molecule has 3 aromatic rings. The molecule has 0 aliphatic carbocycles.